The number of nitrogen functional groups attached to an aromatic ring is 1. The number of hydrogen-bond acceptors (Lipinski definition) is 9. The highest BCUT2D eigenvalue weighted by molar-refractivity contribution is 6.84. The van der Waals surface area contributed by atoms with Crippen molar-refractivity contribution in [3.05, 3.63) is 11.6 Å². The molecule has 4 unspecified atom stereocenters. The van der Waals surface area contributed by atoms with Crippen LogP contribution in [0.25, 0.3) is 11.2 Å². The zero-order chi connectivity index (χ0) is 25.9. The van der Waals surface area contributed by atoms with Crippen LogP contribution in [0.4, 0.5) is 5.82 Å². The Kier molecular flexibility index (Phi) is 7.41. The van der Waals surface area contributed by atoms with Crippen molar-refractivity contribution in [2.24, 2.45) is 0 Å². The van der Waals surface area contributed by atoms with E-state index < -0.39 is 41.7 Å². The van der Waals surface area contributed by atoms with E-state index in [0.717, 1.165) is 0 Å². The number of halogens is 1. The van der Waals surface area contributed by atoms with Crippen molar-refractivity contribution in [1.29, 1.82) is 0 Å². The lowest BCUT2D eigenvalue weighted by molar-refractivity contribution is -0.0570. The van der Waals surface area contributed by atoms with Crippen LogP contribution in [0, 0.1) is 0 Å². The molecule has 35 heavy (non-hydrogen) atoms. The molecule has 0 aromatic carbocycles. The number of ether oxygens (including phenoxy) is 1. The summed E-state index contributed by atoms with van der Waals surface area (Å²) in [6.07, 6.45) is -1.39. The quantitative estimate of drug-likeness (QED) is 0.419. The van der Waals surface area contributed by atoms with Crippen molar-refractivity contribution < 1.29 is 22.8 Å². The maximum Gasteiger partial charge on any atom is 0.335 e. The molecule has 2 aliphatic rings. The molecular formula is C22H38ClN5O5Si2. The largest absolute Gasteiger partial charge is 0.414 e. The monoisotopic (exact) mass is 543 g/mol. The lowest BCUT2D eigenvalue weighted by Gasteiger charge is -2.51. The van der Waals surface area contributed by atoms with Gasteiger partial charge in [-0.05, 0) is 33.8 Å². The Hall–Kier alpha value is -1.13. The molecule has 2 saturated heterocycles. The van der Waals surface area contributed by atoms with Gasteiger partial charge in [0.2, 0.25) is 5.28 Å². The first-order valence-electron chi connectivity index (χ1n) is 12.3. The van der Waals surface area contributed by atoms with Gasteiger partial charge in [0.25, 0.3) is 0 Å². The maximum absolute atomic E-state index is 11.5. The van der Waals surface area contributed by atoms with Gasteiger partial charge in [0.1, 0.15) is 23.8 Å². The summed E-state index contributed by atoms with van der Waals surface area (Å²) in [5, 5.41) is 11.5. The van der Waals surface area contributed by atoms with Crippen LogP contribution in [0.15, 0.2) is 6.33 Å². The minimum atomic E-state index is -2.89. The number of nitrogens with zero attached hydrogens (tertiary/aromatic N) is 4. The Morgan fingerprint density at radius 1 is 1.03 bits per heavy atom. The molecule has 0 aliphatic carbocycles. The van der Waals surface area contributed by atoms with E-state index in [9.17, 15) is 5.11 Å². The highest BCUT2D eigenvalue weighted by atomic mass is 35.5. The van der Waals surface area contributed by atoms with E-state index in [1.807, 2.05) is 0 Å². The average molecular weight is 544 g/mol. The molecule has 2 aromatic rings. The molecule has 0 radical (unpaired) electrons. The van der Waals surface area contributed by atoms with Crippen molar-refractivity contribution in [1.82, 2.24) is 19.5 Å². The lowest BCUT2D eigenvalue weighted by Crippen LogP contribution is -2.65. The minimum Gasteiger partial charge on any atom is -0.414 e. The zero-order valence-corrected chi connectivity index (χ0v) is 24.5. The normalized spacial score (nSPS) is 28.7. The van der Waals surface area contributed by atoms with Crippen molar-refractivity contribution in [2.45, 2.75) is 102 Å². The lowest BCUT2D eigenvalue weighted by atomic mass is 10.1. The first-order chi connectivity index (χ1) is 16.3. The standard InChI is InChI=1S/C22H38ClN5O5Si2/c1-11(2)34(12(3)4)30-9-15-18(32-35(33-34,13(5)6)14(7)8)17(29)21(31-15)28-10-25-16-19(24)26-22(23)27-20(16)28/h10-15,17-18,21,29H,9H2,1-8H3,(H2,24,26,27). The maximum atomic E-state index is 11.5. The fourth-order valence-corrected chi connectivity index (χ4v) is 16.8. The van der Waals surface area contributed by atoms with E-state index in [1.165, 1.54) is 6.33 Å². The van der Waals surface area contributed by atoms with E-state index in [0.29, 0.717) is 11.2 Å². The fraction of sp³-hybridized carbons (Fsp3) is 0.773. The second-order valence-electron chi connectivity index (χ2n) is 10.8. The summed E-state index contributed by atoms with van der Waals surface area (Å²) < 4.78 is 29.0. The average Bonchev–Trinajstić information content (AvgIpc) is 3.28. The third-order valence-corrected chi connectivity index (χ3v) is 17.8. The van der Waals surface area contributed by atoms with Crippen LogP contribution in [0.2, 0.25) is 27.4 Å². The van der Waals surface area contributed by atoms with Gasteiger partial charge in [0, 0.05) is 0 Å². The number of aliphatic hydroxyl groups is 1. The molecule has 4 rings (SSSR count). The predicted molar refractivity (Wildman–Crippen MR) is 138 cm³/mol. The first kappa shape index (κ1) is 26.9. The van der Waals surface area contributed by atoms with Crippen LogP contribution in [0.5, 0.6) is 0 Å². The van der Waals surface area contributed by atoms with Crippen molar-refractivity contribution in [3.8, 4) is 0 Å². The number of rotatable bonds is 5. The van der Waals surface area contributed by atoms with Gasteiger partial charge in [0.05, 0.1) is 12.9 Å². The Morgan fingerprint density at radius 2 is 1.63 bits per heavy atom. The minimum absolute atomic E-state index is 0.000994. The SMILES string of the molecule is CC(C)[Si]1(C(C)C)OCC2OC(n3cnc4c(N)nc(Cl)nc43)C(O)C2O[Si](C(C)C)(C(C)C)O1. The van der Waals surface area contributed by atoms with E-state index in [2.05, 4.69) is 70.3 Å². The Balaban J connectivity index is 1.78. The summed E-state index contributed by atoms with van der Waals surface area (Å²) in [7, 11) is -5.60. The molecule has 0 bridgehead atoms. The number of aromatic nitrogens is 4. The highest BCUT2D eigenvalue weighted by Crippen LogP contribution is 2.48. The number of imidazole rings is 1. The second kappa shape index (κ2) is 9.64. The summed E-state index contributed by atoms with van der Waals surface area (Å²) in [6, 6.07) is 0. The molecule has 0 amide bonds. The molecule has 3 N–H and O–H groups in total. The number of aliphatic hydroxyl groups excluding tert-OH is 1. The summed E-state index contributed by atoms with van der Waals surface area (Å²) in [4.78, 5) is 12.6. The summed E-state index contributed by atoms with van der Waals surface area (Å²) in [5.74, 6) is 0.168. The summed E-state index contributed by atoms with van der Waals surface area (Å²) in [6.45, 7) is 17.5. The van der Waals surface area contributed by atoms with Crippen LogP contribution < -0.4 is 5.73 Å². The van der Waals surface area contributed by atoms with Crippen molar-refractivity contribution in [3.63, 3.8) is 0 Å². The third-order valence-electron chi connectivity index (χ3n) is 7.34. The van der Waals surface area contributed by atoms with Gasteiger partial charge in [-0.3, -0.25) is 4.57 Å². The number of nitrogens with two attached hydrogens (primary N) is 1. The van der Waals surface area contributed by atoms with E-state index in [-0.39, 0.29) is 39.9 Å². The molecule has 0 spiro atoms. The van der Waals surface area contributed by atoms with Gasteiger partial charge in [-0.2, -0.15) is 9.97 Å². The van der Waals surface area contributed by atoms with Crippen molar-refractivity contribution >= 4 is 45.7 Å². The van der Waals surface area contributed by atoms with Gasteiger partial charge in [-0.15, -0.1) is 0 Å². The third kappa shape index (κ3) is 4.35. The molecule has 4 atom stereocenters. The highest BCUT2D eigenvalue weighted by Gasteiger charge is 2.61. The molecular weight excluding hydrogens is 506 g/mol. The van der Waals surface area contributed by atoms with Crippen LogP contribution in [-0.4, -0.2) is 66.7 Å². The molecule has 196 valence electrons. The number of fused-ring (bicyclic) bond motifs is 2. The van der Waals surface area contributed by atoms with E-state index in [1.54, 1.807) is 4.57 Å². The topological polar surface area (TPSA) is 127 Å². The predicted octanol–water partition coefficient (Wildman–Crippen LogP) is 4.28. The van der Waals surface area contributed by atoms with Crippen molar-refractivity contribution in [2.75, 3.05) is 12.3 Å². The van der Waals surface area contributed by atoms with Gasteiger partial charge in [0.15, 0.2) is 17.7 Å². The van der Waals surface area contributed by atoms with Gasteiger partial charge in [-0.1, -0.05) is 55.4 Å². The smallest absolute Gasteiger partial charge is 0.335 e. The van der Waals surface area contributed by atoms with Gasteiger partial charge >= 0.3 is 17.1 Å². The molecule has 4 heterocycles. The summed E-state index contributed by atoms with van der Waals surface area (Å²) >= 11 is 6.06. The summed E-state index contributed by atoms with van der Waals surface area (Å²) in [5.41, 5.74) is 7.49. The number of anilines is 1. The Bertz CT molecular complexity index is 1050. The molecule has 13 heteroatoms. The molecule has 2 aliphatic heterocycles. The van der Waals surface area contributed by atoms with Crippen LogP contribution in [0.1, 0.15) is 61.6 Å². The fourth-order valence-electron chi connectivity index (χ4n) is 5.46. The van der Waals surface area contributed by atoms with Crippen LogP contribution in [0.3, 0.4) is 0 Å². The zero-order valence-electron chi connectivity index (χ0n) is 21.7. The molecule has 2 aromatic heterocycles. The number of hydrogen-bond donors (Lipinski definition) is 2. The van der Waals surface area contributed by atoms with Crippen LogP contribution in [-0.2, 0) is 17.7 Å². The van der Waals surface area contributed by atoms with Gasteiger partial charge in [-0.25, -0.2) is 4.98 Å². The van der Waals surface area contributed by atoms with E-state index >= 15 is 0 Å². The van der Waals surface area contributed by atoms with E-state index in [4.69, 9.17) is 35.0 Å². The molecule has 0 saturated carbocycles. The first-order valence-corrected chi connectivity index (χ1v) is 16.7. The van der Waals surface area contributed by atoms with Gasteiger partial charge < -0.3 is 28.5 Å². The second-order valence-corrected chi connectivity index (χ2v) is 20.0. The Morgan fingerprint density at radius 3 is 2.20 bits per heavy atom. The molecule has 2 fully saturated rings. The molecule has 10 nitrogen and oxygen atoms in total. The Labute approximate surface area is 214 Å². The van der Waals surface area contributed by atoms with Crippen LogP contribution >= 0.6 is 11.6 Å².